The standard InChI is InChI=1S/C85H92O16S/c1-3-102-85-82(79(95-57-70-47-29-12-30-48-70)76(92-54-67-41-23-9-24-42-67)73(99-85)60-89-51-64-35-17-6-18-36-64)101-84-81(78(94-56-69-45-27-11-28-46-69)75(91-53-66-39-21-8-22-40-66)72(98-84)59-88-50-63-33-15-5-16-34-63)100-83-80(96-61(2)86)77(93-55-68-43-25-10-26-44-68)74(90-52-65-37-19-7-20-38-65)71(97-83)58-87-49-62-31-13-4-14-32-62/h4-48,71-85H,3,49-60H2,1-2H3/t71?,72?,73?,74-,75-,76-,77-,78-,79-,80?,81?,82?,83-,84-,85-/m0/s1. The number of benzene rings is 9. The fourth-order valence-electron chi connectivity index (χ4n) is 12.8. The molecule has 16 nitrogen and oxygen atoms in total. The molecule has 9 aromatic carbocycles. The van der Waals surface area contributed by atoms with Gasteiger partial charge in [-0.25, -0.2) is 0 Å². The van der Waals surface area contributed by atoms with Gasteiger partial charge in [0, 0.05) is 6.92 Å². The number of carbonyl (C=O) groups excluding carboxylic acids is 1. The number of thioether (sulfide) groups is 1. The summed E-state index contributed by atoms with van der Waals surface area (Å²) in [6, 6.07) is 89.5. The molecule has 0 saturated carbocycles. The van der Waals surface area contributed by atoms with E-state index in [1.807, 2.05) is 273 Å². The molecule has 17 heteroatoms. The molecule has 3 aliphatic rings. The molecule has 9 aromatic rings. The molecule has 0 N–H and O–H groups in total. The summed E-state index contributed by atoms with van der Waals surface area (Å²) < 4.78 is 108. The lowest BCUT2D eigenvalue weighted by atomic mass is 9.95. The number of carbonyl (C=O) groups is 1. The zero-order valence-electron chi connectivity index (χ0n) is 57.8. The van der Waals surface area contributed by atoms with Gasteiger partial charge in [-0.1, -0.05) is 280 Å². The van der Waals surface area contributed by atoms with Crippen LogP contribution in [0.4, 0.5) is 0 Å². The molecule has 3 fully saturated rings. The van der Waals surface area contributed by atoms with E-state index in [9.17, 15) is 4.79 Å². The lowest BCUT2D eigenvalue weighted by molar-refractivity contribution is -0.391. The maximum Gasteiger partial charge on any atom is 0.303 e. The summed E-state index contributed by atoms with van der Waals surface area (Å²) in [5.41, 5.74) is 7.65. The van der Waals surface area contributed by atoms with Crippen molar-refractivity contribution in [3.63, 3.8) is 0 Å². The molecule has 102 heavy (non-hydrogen) atoms. The molecule has 15 atom stereocenters. The lowest BCUT2D eigenvalue weighted by Crippen LogP contribution is -2.68. The average Bonchev–Trinajstić information content (AvgIpc) is 0.763. The van der Waals surface area contributed by atoms with E-state index in [0.29, 0.717) is 12.4 Å². The van der Waals surface area contributed by atoms with Gasteiger partial charge in [0.05, 0.1) is 79.3 Å². The molecule has 3 saturated heterocycles. The third-order valence-corrected chi connectivity index (χ3v) is 18.9. The zero-order chi connectivity index (χ0) is 69.8. The Bertz CT molecular complexity index is 3770. The van der Waals surface area contributed by atoms with Gasteiger partial charge in [0.25, 0.3) is 0 Å². The minimum atomic E-state index is -1.46. The molecule has 3 aliphatic heterocycles. The number of hydrogen-bond acceptors (Lipinski definition) is 17. The molecule has 6 unspecified atom stereocenters. The van der Waals surface area contributed by atoms with E-state index in [1.54, 1.807) is 11.8 Å². The molecule has 0 amide bonds. The van der Waals surface area contributed by atoms with Crippen molar-refractivity contribution in [1.82, 2.24) is 0 Å². The Morgan fingerprint density at radius 2 is 0.529 bits per heavy atom. The van der Waals surface area contributed by atoms with Gasteiger partial charge in [-0.3, -0.25) is 4.79 Å². The number of ether oxygens (including phenoxy) is 15. The summed E-state index contributed by atoms with van der Waals surface area (Å²) in [4.78, 5) is 14.1. The predicted octanol–water partition coefficient (Wildman–Crippen LogP) is 14.8. The van der Waals surface area contributed by atoms with E-state index >= 15 is 0 Å². The van der Waals surface area contributed by atoms with Crippen LogP contribution in [0.25, 0.3) is 0 Å². The van der Waals surface area contributed by atoms with Crippen LogP contribution < -0.4 is 0 Å². The minimum absolute atomic E-state index is 0.00123. The van der Waals surface area contributed by atoms with Crippen LogP contribution in [-0.4, -0.2) is 123 Å². The summed E-state index contributed by atoms with van der Waals surface area (Å²) in [7, 11) is 0. The third kappa shape index (κ3) is 21.9. The second kappa shape index (κ2) is 39.8. The second-order valence-electron chi connectivity index (χ2n) is 25.4. The van der Waals surface area contributed by atoms with Gasteiger partial charge in [0.2, 0.25) is 0 Å². The maximum absolute atomic E-state index is 14.1. The van der Waals surface area contributed by atoms with Crippen molar-refractivity contribution in [1.29, 1.82) is 0 Å². The first-order valence-corrected chi connectivity index (χ1v) is 36.3. The highest BCUT2D eigenvalue weighted by Gasteiger charge is 2.58. The summed E-state index contributed by atoms with van der Waals surface area (Å²) in [6.45, 7) is 5.37. The molecule has 0 bridgehead atoms. The van der Waals surface area contributed by atoms with Crippen molar-refractivity contribution in [3.05, 3.63) is 323 Å². The Kier molecular flexibility index (Phi) is 28.8. The van der Waals surface area contributed by atoms with E-state index in [-0.39, 0.29) is 72.7 Å². The van der Waals surface area contributed by atoms with Crippen molar-refractivity contribution in [2.45, 2.75) is 165 Å². The highest BCUT2D eigenvalue weighted by Crippen LogP contribution is 2.41. The van der Waals surface area contributed by atoms with Crippen molar-refractivity contribution in [3.8, 4) is 0 Å². The van der Waals surface area contributed by atoms with E-state index in [1.165, 1.54) is 6.92 Å². The van der Waals surface area contributed by atoms with Crippen molar-refractivity contribution in [2.24, 2.45) is 0 Å². The van der Waals surface area contributed by atoms with Crippen LogP contribution in [0, 0.1) is 0 Å². The van der Waals surface area contributed by atoms with Crippen molar-refractivity contribution >= 4 is 17.7 Å². The maximum atomic E-state index is 14.1. The molecule has 0 radical (unpaired) electrons. The van der Waals surface area contributed by atoms with Crippen molar-refractivity contribution in [2.75, 3.05) is 25.6 Å². The fraction of sp³-hybridized carbons (Fsp3) is 0.353. The number of rotatable bonds is 37. The summed E-state index contributed by atoms with van der Waals surface area (Å²) in [6.07, 6.45) is -14.5. The predicted molar refractivity (Wildman–Crippen MR) is 388 cm³/mol. The Balaban J connectivity index is 0.991. The summed E-state index contributed by atoms with van der Waals surface area (Å²) in [5, 5.41) is 0. The zero-order valence-corrected chi connectivity index (χ0v) is 58.6. The highest BCUT2D eigenvalue weighted by molar-refractivity contribution is 7.99. The largest absolute Gasteiger partial charge is 0.454 e. The van der Waals surface area contributed by atoms with Gasteiger partial charge in [0.1, 0.15) is 72.6 Å². The smallest absolute Gasteiger partial charge is 0.303 e. The van der Waals surface area contributed by atoms with Crippen LogP contribution in [0.5, 0.6) is 0 Å². The third-order valence-electron chi connectivity index (χ3n) is 17.9. The molecule has 0 aromatic heterocycles. The van der Waals surface area contributed by atoms with Gasteiger partial charge in [-0.05, 0) is 55.8 Å². The highest BCUT2D eigenvalue weighted by atomic mass is 32.2. The second-order valence-corrected chi connectivity index (χ2v) is 26.8. The van der Waals surface area contributed by atoms with Crippen LogP contribution >= 0.6 is 11.8 Å². The van der Waals surface area contributed by atoms with Crippen LogP contribution in [0.2, 0.25) is 0 Å². The first-order chi connectivity index (χ1) is 50.4. The summed E-state index contributed by atoms with van der Waals surface area (Å²) in [5.74, 6) is 0.00488. The van der Waals surface area contributed by atoms with Gasteiger partial charge in [-0.2, -0.15) is 0 Å². The minimum Gasteiger partial charge on any atom is -0.454 e. The average molecular weight is 1400 g/mol. The van der Waals surface area contributed by atoms with Crippen LogP contribution in [0.15, 0.2) is 273 Å². The van der Waals surface area contributed by atoms with Gasteiger partial charge < -0.3 is 71.1 Å². The molecule has 3 heterocycles. The quantitative estimate of drug-likeness (QED) is 0.0339. The molecule has 0 spiro atoms. The van der Waals surface area contributed by atoms with Crippen LogP contribution in [-0.2, 0) is 135 Å². The molecule has 534 valence electrons. The number of esters is 1. The molecular formula is C85H92O16S. The van der Waals surface area contributed by atoms with E-state index in [0.717, 1.165) is 50.1 Å². The monoisotopic (exact) mass is 1400 g/mol. The normalized spacial score (nSPS) is 25.0. The summed E-state index contributed by atoms with van der Waals surface area (Å²) >= 11 is 1.57. The Labute approximate surface area is 603 Å². The van der Waals surface area contributed by atoms with Gasteiger partial charge in [-0.15, -0.1) is 11.8 Å². The molecule has 0 aliphatic carbocycles. The fourth-order valence-corrected chi connectivity index (χ4v) is 13.8. The first kappa shape index (κ1) is 74.0. The van der Waals surface area contributed by atoms with E-state index in [2.05, 4.69) is 6.92 Å². The first-order valence-electron chi connectivity index (χ1n) is 35.2. The van der Waals surface area contributed by atoms with Crippen molar-refractivity contribution < 1.29 is 75.8 Å². The van der Waals surface area contributed by atoms with Crippen LogP contribution in [0.1, 0.15) is 63.9 Å². The molecular weight excluding hydrogens is 1310 g/mol. The van der Waals surface area contributed by atoms with E-state index < -0.39 is 97.2 Å². The Hall–Kier alpha value is -7.76. The molecule has 12 rings (SSSR count). The lowest BCUT2D eigenvalue weighted by Gasteiger charge is -2.52. The van der Waals surface area contributed by atoms with Crippen LogP contribution in [0.3, 0.4) is 0 Å². The topological polar surface area (TPSA) is 156 Å². The Morgan fingerprint density at radius 1 is 0.294 bits per heavy atom. The SMILES string of the molecule is CCS[C@@H]1OC(COCc2ccccc2)[C@H](OCc2ccccc2)[C@H](OCc2ccccc2)C1O[C@@H]1OC(COCc2ccccc2)[C@H](OCc2ccccc2)[C@H](OCc2ccccc2)C1O[C@@H]1OC(COCc2ccccc2)[C@H](OCc2ccccc2)[C@H](OCc2ccccc2)C1OC(C)=O. The van der Waals surface area contributed by atoms with Gasteiger partial charge in [0.15, 0.2) is 18.7 Å². The number of hydrogen-bond donors (Lipinski definition) is 0. The van der Waals surface area contributed by atoms with Gasteiger partial charge >= 0.3 is 5.97 Å². The Morgan fingerprint density at radius 3 is 0.814 bits per heavy atom. The van der Waals surface area contributed by atoms with E-state index in [4.69, 9.17) is 71.1 Å².